The van der Waals surface area contributed by atoms with Crippen LogP contribution in [0.2, 0.25) is 0 Å². The predicted octanol–water partition coefficient (Wildman–Crippen LogP) is 3.14. The maximum Gasteiger partial charge on any atom is 0.256 e. The number of hydrogen-bond donors (Lipinski definition) is 1. The number of halogens is 1. The van der Waals surface area contributed by atoms with Crippen LogP contribution in [0.3, 0.4) is 0 Å². The maximum absolute atomic E-state index is 14.2. The molecule has 1 fully saturated rings. The molecule has 1 saturated heterocycles. The van der Waals surface area contributed by atoms with Crippen molar-refractivity contribution in [1.29, 1.82) is 0 Å². The largest absolute Gasteiger partial charge is 0.338 e. The zero-order valence-electron chi connectivity index (χ0n) is 17.0. The zero-order chi connectivity index (χ0) is 21.4. The minimum Gasteiger partial charge on any atom is -0.338 e. The molecule has 4 rings (SSSR count). The number of piperazine rings is 1. The van der Waals surface area contributed by atoms with E-state index in [-0.39, 0.29) is 42.5 Å². The first kappa shape index (κ1) is 20.1. The van der Waals surface area contributed by atoms with Crippen molar-refractivity contribution in [3.05, 3.63) is 53.8 Å². The average Bonchev–Trinajstić information content (AvgIpc) is 2.82. The van der Waals surface area contributed by atoms with Crippen LogP contribution in [0.25, 0.3) is 11.1 Å². The minimum absolute atomic E-state index is 0.00602. The van der Waals surface area contributed by atoms with Crippen LogP contribution in [-0.2, 0) is 9.59 Å². The summed E-state index contributed by atoms with van der Waals surface area (Å²) in [6.07, 6.45) is 0.411. The summed E-state index contributed by atoms with van der Waals surface area (Å²) in [5.41, 5.74) is 1.69. The lowest BCUT2D eigenvalue weighted by molar-refractivity contribution is -0.136. The zero-order valence-corrected chi connectivity index (χ0v) is 17.0. The van der Waals surface area contributed by atoms with Gasteiger partial charge in [-0.1, -0.05) is 38.1 Å². The van der Waals surface area contributed by atoms with Gasteiger partial charge in [0.05, 0.1) is 17.8 Å². The normalized spacial score (nSPS) is 18.6. The van der Waals surface area contributed by atoms with Gasteiger partial charge in [0.25, 0.3) is 5.91 Å². The van der Waals surface area contributed by atoms with Gasteiger partial charge in [-0.25, -0.2) is 4.39 Å². The quantitative estimate of drug-likeness (QED) is 0.847. The molecule has 156 valence electrons. The number of nitrogens with zero attached hydrogens (tertiary/aromatic N) is 2. The van der Waals surface area contributed by atoms with Crippen molar-refractivity contribution in [2.75, 3.05) is 25.0 Å². The fourth-order valence-corrected chi connectivity index (χ4v) is 4.02. The Morgan fingerprint density at radius 3 is 2.63 bits per heavy atom. The van der Waals surface area contributed by atoms with Crippen LogP contribution in [-0.4, -0.2) is 53.2 Å². The Balaban J connectivity index is 1.64. The van der Waals surface area contributed by atoms with Crippen LogP contribution in [0.15, 0.2) is 42.5 Å². The minimum atomic E-state index is -0.744. The van der Waals surface area contributed by atoms with E-state index in [0.29, 0.717) is 35.3 Å². The summed E-state index contributed by atoms with van der Waals surface area (Å²) in [6.45, 7) is 4.80. The molecular formula is C23H24FN3O3. The van der Waals surface area contributed by atoms with Gasteiger partial charge in [0.1, 0.15) is 11.9 Å². The van der Waals surface area contributed by atoms with E-state index >= 15 is 0 Å². The Bertz CT molecular complexity index is 1020. The molecule has 0 bridgehead atoms. The molecule has 2 aliphatic heterocycles. The molecule has 2 heterocycles. The van der Waals surface area contributed by atoms with Gasteiger partial charge in [0, 0.05) is 25.1 Å². The van der Waals surface area contributed by atoms with Gasteiger partial charge in [-0.15, -0.1) is 0 Å². The summed E-state index contributed by atoms with van der Waals surface area (Å²) in [5, 5.41) is 2.81. The third-order valence-corrected chi connectivity index (χ3v) is 5.57. The van der Waals surface area contributed by atoms with E-state index in [0.717, 1.165) is 0 Å². The molecule has 0 unspecified atom stereocenters. The van der Waals surface area contributed by atoms with E-state index < -0.39 is 6.04 Å². The lowest BCUT2D eigenvalue weighted by Gasteiger charge is -2.39. The highest BCUT2D eigenvalue weighted by Gasteiger charge is 2.40. The van der Waals surface area contributed by atoms with Gasteiger partial charge in [-0.3, -0.25) is 14.4 Å². The smallest absolute Gasteiger partial charge is 0.256 e. The van der Waals surface area contributed by atoms with Crippen LogP contribution < -0.4 is 5.32 Å². The molecule has 0 saturated carbocycles. The third kappa shape index (κ3) is 3.67. The first-order chi connectivity index (χ1) is 14.3. The van der Waals surface area contributed by atoms with Crippen LogP contribution in [0.4, 0.5) is 10.1 Å². The van der Waals surface area contributed by atoms with Crippen molar-refractivity contribution in [2.45, 2.75) is 26.3 Å². The van der Waals surface area contributed by atoms with E-state index in [4.69, 9.17) is 0 Å². The van der Waals surface area contributed by atoms with Crippen molar-refractivity contribution >= 4 is 23.4 Å². The Morgan fingerprint density at radius 2 is 1.90 bits per heavy atom. The topological polar surface area (TPSA) is 69.7 Å². The molecule has 7 heteroatoms. The first-order valence-corrected chi connectivity index (χ1v) is 10.1. The molecule has 0 radical (unpaired) electrons. The number of fused-ring (bicyclic) bond motifs is 2. The number of amides is 3. The number of nitrogens with one attached hydrogen (secondary N) is 1. The fourth-order valence-electron chi connectivity index (χ4n) is 4.02. The average molecular weight is 409 g/mol. The van der Waals surface area contributed by atoms with Gasteiger partial charge in [0.2, 0.25) is 11.8 Å². The van der Waals surface area contributed by atoms with Gasteiger partial charge in [-0.2, -0.15) is 0 Å². The number of carbonyl (C=O) groups excluding carboxylic acids is 3. The van der Waals surface area contributed by atoms with Crippen LogP contribution in [0.5, 0.6) is 0 Å². The molecule has 2 aliphatic rings. The molecule has 6 nitrogen and oxygen atoms in total. The molecule has 0 aliphatic carbocycles. The van der Waals surface area contributed by atoms with Crippen LogP contribution >= 0.6 is 0 Å². The second kappa shape index (κ2) is 7.89. The SMILES string of the molecule is CC(C)CC(=O)N1CCN2C(=O)c3cc(-c4ccccc4F)ccc3NC(=O)[C@H]2C1. The van der Waals surface area contributed by atoms with E-state index in [2.05, 4.69) is 5.32 Å². The third-order valence-electron chi connectivity index (χ3n) is 5.57. The second-order valence-corrected chi connectivity index (χ2v) is 8.18. The molecular weight excluding hydrogens is 385 g/mol. The predicted molar refractivity (Wildman–Crippen MR) is 111 cm³/mol. The van der Waals surface area contributed by atoms with E-state index in [9.17, 15) is 18.8 Å². The number of hydrogen-bond acceptors (Lipinski definition) is 3. The number of carbonyl (C=O) groups is 3. The molecule has 30 heavy (non-hydrogen) atoms. The molecule has 1 N–H and O–H groups in total. The van der Waals surface area contributed by atoms with Gasteiger partial charge >= 0.3 is 0 Å². The fraction of sp³-hybridized carbons (Fsp3) is 0.348. The van der Waals surface area contributed by atoms with Crippen LogP contribution in [0.1, 0.15) is 30.6 Å². The molecule has 0 aromatic heterocycles. The standard InChI is InChI=1S/C23H24FN3O3/c1-14(2)11-21(28)26-9-10-27-20(13-26)22(29)25-19-8-7-15(12-17(19)23(27)30)16-5-3-4-6-18(16)24/h3-8,12,14,20H,9-11,13H2,1-2H3,(H,25,29)/t20-/m1/s1. The molecule has 0 spiro atoms. The Labute approximate surface area is 174 Å². The Hall–Kier alpha value is -3.22. The van der Waals surface area contributed by atoms with Gasteiger partial charge in [0.15, 0.2) is 0 Å². The molecule has 2 aromatic rings. The summed E-state index contributed by atoms with van der Waals surface area (Å²) < 4.78 is 14.2. The van der Waals surface area contributed by atoms with Gasteiger partial charge in [-0.05, 0) is 29.7 Å². The van der Waals surface area contributed by atoms with Crippen molar-refractivity contribution in [3.8, 4) is 11.1 Å². The summed E-state index contributed by atoms with van der Waals surface area (Å²) in [6, 6.07) is 10.6. The molecule has 2 aromatic carbocycles. The molecule has 1 atom stereocenters. The maximum atomic E-state index is 14.2. The van der Waals surface area contributed by atoms with Crippen molar-refractivity contribution < 1.29 is 18.8 Å². The Morgan fingerprint density at radius 1 is 1.13 bits per heavy atom. The highest BCUT2D eigenvalue weighted by atomic mass is 19.1. The van der Waals surface area contributed by atoms with Gasteiger partial charge < -0.3 is 15.1 Å². The van der Waals surface area contributed by atoms with E-state index in [1.54, 1.807) is 41.3 Å². The van der Waals surface area contributed by atoms with Crippen molar-refractivity contribution in [2.24, 2.45) is 5.92 Å². The second-order valence-electron chi connectivity index (χ2n) is 8.18. The number of benzene rings is 2. The number of anilines is 1. The summed E-state index contributed by atoms with van der Waals surface area (Å²) in [4.78, 5) is 41.8. The summed E-state index contributed by atoms with van der Waals surface area (Å²) >= 11 is 0. The highest BCUT2D eigenvalue weighted by molar-refractivity contribution is 6.10. The highest BCUT2D eigenvalue weighted by Crippen LogP contribution is 2.31. The summed E-state index contributed by atoms with van der Waals surface area (Å²) in [7, 11) is 0. The van der Waals surface area contributed by atoms with Crippen molar-refractivity contribution in [3.63, 3.8) is 0 Å². The number of rotatable bonds is 3. The lowest BCUT2D eigenvalue weighted by Crippen LogP contribution is -2.59. The lowest BCUT2D eigenvalue weighted by atomic mass is 10.0. The van der Waals surface area contributed by atoms with E-state index in [1.165, 1.54) is 11.0 Å². The monoisotopic (exact) mass is 409 g/mol. The Kier molecular flexibility index (Phi) is 5.28. The van der Waals surface area contributed by atoms with Crippen molar-refractivity contribution in [1.82, 2.24) is 9.80 Å². The summed E-state index contributed by atoms with van der Waals surface area (Å²) in [5.74, 6) is -0.766. The molecule has 3 amide bonds. The first-order valence-electron chi connectivity index (χ1n) is 10.1. The van der Waals surface area contributed by atoms with Crippen LogP contribution in [0, 0.1) is 11.7 Å². The van der Waals surface area contributed by atoms with E-state index in [1.807, 2.05) is 13.8 Å².